The van der Waals surface area contributed by atoms with Gasteiger partial charge >= 0.3 is 0 Å². The smallest absolute Gasteiger partial charge is 0.265 e. The summed E-state index contributed by atoms with van der Waals surface area (Å²) < 4.78 is 22.4. The number of fused-ring (bicyclic) bond motifs is 3. The molecule has 0 bridgehead atoms. The van der Waals surface area contributed by atoms with Crippen molar-refractivity contribution in [2.45, 2.75) is 13.0 Å². The van der Waals surface area contributed by atoms with Crippen molar-refractivity contribution in [3.05, 3.63) is 60.2 Å². The molecule has 0 aliphatic carbocycles. The van der Waals surface area contributed by atoms with E-state index in [0.717, 1.165) is 16.4 Å². The zero-order valence-electron chi connectivity index (χ0n) is 17.3. The van der Waals surface area contributed by atoms with E-state index >= 15 is 0 Å². The summed E-state index contributed by atoms with van der Waals surface area (Å²) in [4.78, 5) is 23.7. The Balaban J connectivity index is 1.59. The number of hydrogen-bond donors (Lipinski definition) is 1. The molecule has 4 aromatic rings. The van der Waals surface area contributed by atoms with Crippen molar-refractivity contribution >= 4 is 39.8 Å². The second-order valence-corrected chi connectivity index (χ2v) is 6.92. The van der Waals surface area contributed by atoms with Crippen LogP contribution in [0, 0.1) is 0 Å². The van der Waals surface area contributed by atoms with Gasteiger partial charge in [0.15, 0.2) is 17.6 Å². The first-order chi connectivity index (χ1) is 15.0. The quantitative estimate of drug-likeness (QED) is 0.432. The molecule has 1 amide bonds. The molecular weight excluding hydrogens is 398 g/mol. The Hall–Kier alpha value is -4.00. The summed E-state index contributed by atoms with van der Waals surface area (Å²) >= 11 is 0. The van der Waals surface area contributed by atoms with Crippen LogP contribution in [0.15, 0.2) is 59.0 Å². The minimum absolute atomic E-state index is 0.357. The molecule has 1 aromatic heterocycles. The number of ether oxygens (including phenoxy) is 3. The van der Waals surface area contributed by atoms with Crippen molar-refractivity contribution in [1.82, 2.24) is 0 Å². The van der Waals surface area contributed by atoms with E-state index in [2.05, 4.69) is 5.32 Å². The number of methoxy groups -OCH3 is 2. The van der Waals surface area contributed by atoms with Crippen LogP contribution in [-0.2, 0) is 4.79 Å². The molecule has 0 aliphatic rings. The highest BCUT2D eigenvalue weighted by Gasteiger charge is 2.20. The fourth-order valence-corrected chi connectivity index (χ4v) is 3.35. The van der Waals surface area contributed by atoms with Crippen LogP contribution in [-0.4, -0.2) is 32.5 Å². The van der Waals surface area contributed by atoms with Crippen LogP contribution in [0.1, 0.15) is 17.3 Å². The van der Waals surface area contributed by atoms with Gasteiger partial charge in [0.25, 0.3) is 5.91 Å². The van der Waals surface area contributed by atoms with Gasteiger partial charge in [0.2, 0.25) is 0 Å². The molecular formula is C24H21NO6. The lowest BCUT2D eigenvalue weighted by molar-refractivity contribution is -0.122. The number of carbonyl (C=O) groups is 2. The van der Waals surface area contributed by atoms with Crippen molar-refractivity contribution < 1.29 is 28.2 Å². The molecule has 1 N–H and O–H groups in total. The van der Waals surface area contributed by atoms with Crippen molar-refractivity contribution in [3.63, 3.8) is 0 Å². The lowest BCUT2D eigenvalue weighted by atomic mass is 10.1. The number of amides is 1. The first-order valence-corrected chi connectivity index (χ1v) is 9.64. The highest BCUT2D eigenvalue weighted by Crippen LogP contribution is 2.36. The van der Waals surface area contributed by atoms with E-state index in [-0.39, 0.29) is 5.91 Å². The first-order valence-electron chi connectivity index (χ1n) is 9.64. The maximum absolute atomic E-state index is 12.8. The summed E-state index contributed by atoms with van der Waals surface area (Å²) in [6.45, 7) is 1.62. The van der Waals surface area contributed by atoms with Crippen molar-refractivity contribution in [3.8, 4) is 17.2 Å². The fourth-order valence-electron chi connectivity index (χ4n) is 3.35. The zero-order chi connectivity index (χ0) is 22.0. The van der Waals surface area contributed by atoms with Crippen LogP contribution in [0.25, 0.3) is 21.9 Å². The highest BCUT2D eigenvalue weighted by atomic mass is 16.5. The Bertz CT molecular complexity index is 1280. The topological polar surface area (TPSA) is 87.0 Å². The molecule has 158 valence electrons. The summed E-state index contributed by atoms with van der Waals surface area (Å²) in [6, 6.07) is 16.0. The maximum Gasteiger partial charge on any atom is 0.265 e. The van der Waals surface area contributed by atoms with Gasteiger partial charge < -0.3 is 23.9 Å². The predicted octanol–water partition coefficient (Wildman–Crippen LogP) is 4.82. The Kier molecular flexibility index (Phi) is 5.49. The van der Waals surface area contributed by atoms with Gasteiger partial charge in [-0.25, -0.2) is 0 Å². The van der Waals surface area contributed by atoms with Gasteiger partial charge in [-0.2, -0.15) is 0 Å². The van der Waals surface area contributed by atoms with E-state index in [0.29, 0.717) is 40.4 Å². The summed E-state index contributed by atoms with van der Waals surface area (Å²) in [5.74, 6) is 0.851. The molecule has 7 nitrogen and oxygen atoms in total. The summed E-state index contributed by atoms with van der Waals surface area (Å²) in [5.41, 5.74) is 2.31. The highest BCUT2D eigenvalue weighted by molar-refractivity contribution is 6.08. The van der Waals surface area contributed by atoms with Gasteiger partial charge in [0.1, 0.15) is 23.2 Å². The van der Waals surface area contributed by atoms with Crippen LogP contribution in [0.5, 0.6) is 17.2 Å². The second kappa shape index (κ2) is 8.39. The number of para-hydroxylation sites is 1. The van der Waals surface area contributed by atoms with E-state index < -0.39 is 6.10 Å². The van der Waals surface area contributed by atoms with Crippen LogP contribution in [0.4, 0.5) is 5.69 Å². The fraction of sp³-hybridized carbons (Fsp3) is 0.167. The Morgan fingerprint density at radius 1 is 0.935 bits per heavy atom. The van der Waals surface area contributed by atoms with Gasteiger partial charge in [0.05, 0.1) is 19.9 Å². The summed E-state index contributed by atoms with van der Waals surface area (Å²) in [6.07, 6.45) is -0.129. The molecule has 1 heterocycles. The number of benzene rings is 3. The number of carbonyl (C=O) groups excluding carboxylic acids is 2. The van der Waals surface area contributed by atoms with Gasteiger partial charge in [-0.15, -0.1) is 0 Å². The summed E-state index contributed by atoms with van der Waals surface area (Å²) in [7, 11) is 3.01. The number of anilines is 1. The Labute approximate surface area is 178 Å². The number of hydrogen-bond acceptors (Lipinski definition) is 6. The third-order valence-corrected chi connectivity index (χ3v) is 4.95. The lowest BCUT2D eigenvalue weighted by Gasteiger charge is -2.18. The molecule has 4 rings (SSSR count). The monoisotopic (exact) mass is 419 g/mol. The minimum Gasteiger partial charge on any atom is -0.495 e. The number of nitrogens with one attached hydrogen (secondary N) is 1. The molecule has 0 fully saturated rings. The normalized spacial score (nSPS) is 11.8. The Morgan fingerprint density at radius 3 is 2.45 bits per heavy atom. The van der Waals surface area contributed by atoms with Crippen molar-refractivity contribution in [2.75, 3.05) is 19.5 Å². The average Bonchev–Trinajstić information content (AvgIpc) is 3.15. The van der Waals surface area contributed by atoms with E-state index in [9.17, 15) is 9.59 Å². The molecule has 0 spiro atoms. The first kappa shape index (κ1) is 20.3. The number of furan rings is 1. The number of rotatable bonds is 7. The standard InChI is InChI=1S/C24H21NO6/c1-14(30-20-9-8-15(13-26)10-23(20)29-3)24(27)25-18-12-21-17(11-22(18)28-2)16-6-4-5-7-19(16)31-21/h4-14H,1-3H3,(H,25,27)/t14-/m0/s1. The molecule has 3 aromatic carbocycles. The van der Waals surface area contributed by atoms with Gasteiger partial charge in [-0.3, -0.25) is 9.59 Å². The van der Waals surface area contributed by atoms with Crippen molar-refractivity contribution in [1.29, 1.82) is 0 Å². The molecule has 7 heteroatoms. The van der Waals surface area contributed by atoms with Crippen LogP contribution in [0.3, 0.4) is 0 Å². The molecule has 0 radical (unpaired) electrons. The van der Waals surface area contributed by atoms with E-state index in [1.165, 1.54) is 7.11 Å². The molecule has 31 heavy (non-hydrogen) atoms. The van der Waals surface area contributed by atoms with Crippen LogP contribution < -0.4 is 19.5 Å². The van der Waals surface area contributed by atoms with E-state index in [1.54, 1.807) is 38.3 Å². The second-order valence-electron chi connectivity index (χ2n) is 6.92. The van der Waals surface area contributed by atoms with Gasteiger partial charge in [-0.05, 0) is 37.3 Å². The third-order valence-electron chi connectivity index (χ3n) is 4.95. The van der Waals surface area contributed by atoms with E-state index in [1.807, 2.05) is 30.3 Å². The van der Waals surface area contributed by atoms with Gasteiger partial charge in [0, 0.05) is 22.4 Å². The largest absolute Gasteiger partial charge is 0.495 e. The summed E-state index contributed by atoms with van der Waals surface area (Å²) in [5, 5.41) is 4.70. The van der Waals surface area contributed by atoms with Gasteiger partial charge in [-0.1, -0.05) is 18.2 Å². The minimum atomic E-state index is -0.841. The molecule has 0 aliphatic heterocycles. The molecule has 0 saturated heterocycles. The average molecular weight is 419 g/mol. The Morgan fingerprint density at radius 2 is 1.71 bits per heavy atom. The molecule has 1 atom stereocenters. The van der Waals surface area contributed by atoms with Crippen molar-refractivity contribution in [2.24, 2.45) is 0 Å². The van der Waals surface area contributed by atoms with E-state index in [4.69, 9.17) is 18.6 Å². The number of aldehydes is 1. The SMILES string of the molecule is COc1cc2c(cc1NC(=O)[C@H](C)Oc1ccc(C=O)cc1OC)oc1ccccc12. The molecule has 0 unspecified atom stereocenters. The zero-order valence-corrected chi connectivity index (χ0v) is 17.3. The predicted molar refractivity (Wildman–Crippen MR) is 117 cm³/mol. The third kappa shape index (κ3) is 3.90. The molecule has 0 saturated carbocycles. The van der Waals surface area contributed by atoms with Crippen LogP contribution in [0.2, 0.25) is 0 Å². The maximum atomic E-state index is 12.8. The van der Waals surface area contributed by atoms with Crippen LogP contribution >= 0.6 is 0 Å². The lowest BCUT2D eigenvalue weighted by Crippen LogP contribution is -2.30.